The molecule has 1 aliphatic heterocycles. The molecule has 0 saturated carbocycles. The maximum absolute atomic E-state index is 6.27. The molecule has 1 saturated heterocycles. The first-order valence-electron chi connectivity index (χ1n) is 6.68. The topological polar surface area (TPSA) is 78.8 Å². The molecule has 0 bridgehead atoms. The van der Waals surface area contributed by atoms with Crippen LogP contribution in [0.3, 0.4) is 0 Å². The summed E-state index contributed by atoms with van der Waals surface area (Å²) in [6.07, 6.45) is 0.992. The van der Waals surface area contributed by atoms with Gasteiger partial charge in [0, 0.05) is 23.8 Å². The Labute approximate surface area is 132 Å². The third kappa shape index (κ3) is 2.71. The number of hydrogen-bond acceptors (Lipinski definition) is 5. The average molecular weight is 328 g/mol. The maximum atomic E-state index is 6.27. The first kappa shape index (κ1) is 14.6. The van der Waals surface area contributed by atoms with Crippen LogP contribution in [0.5, 0.6) is 0 Å². The van der Waals surface area contributed by atoms with E-state index in [-0.39, 0.29) is 6.04 Å². The number of rotatable bonds is 3. The van der Waals surface area contributed by atoms with Crippen LogP contribution in [0.4, 0.5) is 5.69 Å². The summed E-state index contributed by atoms with van der Waals surface area (Å²) in [5, 5.41) is 12.7. The van der Waals surface area contributed by atoms with E-state index in [4.69, 9.17) is 33.7 Å². The molecule has 0 spiro atoms. The number of ether oxygens (including phenoxy) is 1. The van der Waals surface area contributed by atoms with Gasteiger partial charge in [-0.1, -0.05) is 23.2 Å². The van der Waals surface area contributed by atoms with Gasteiger partial charge in [-0.2, -0.15) is 0 Å². The molecule has 2 aromatic rings. The third-order valence-corrected chi connectivity index (χ3v) is 4.62. The fourth-order valence-corrected chi connectivity index (χ4v) is 2.97. The van der Waals surface area contributed by atoms with Gasteiger partial charge < -0.3 is 10.5 Å². The van der Waals surface area contributed by atoms with E-state index in [1.165, 1.54) is 0 Å². The van der Waals surface area contributed by atoms with E-state index in [0.29, 0.717) is 39.6 Å². The van der Waals surface area contributed by atoms with Crippen LogP contribution in [0.2, 0.25) is 10.0 Å². The molecular formula is C13H15Cl2N5O. The zero-order valence-corrected chi connectivity index (χ0v) is 13.0. The first-order valence-corrected chi connectivity index (χ1v) is 7.44. The van der Waals surface area contributed by atoms with Crippen LogP contribution in [-0.4, -0.2) is 33.4 Å². The summed E-state index contributed by atoms with van der Waals surface area (Å²) in [5.41, 5.74) is 7.00. The Balaban J connectivity index is 2.03. The number of halogens is 2. The molecular weight excluding hydrogens is 313 g/mol. The Hall–Kier alpha value is -1.37. The summed E-state index contributed by atoms with van der Waals surface area (Å²) in [5.74, 6) is 0.941. The van der Waals surface area contributed by atoms with Crippen LogP contribution >= 0.6 is 23.2 Å². The van der Waals surface area contributed by atoms with Gasteiger partial charge in [0.05, 0.1) is 22.7 Å². The molecule has 1 aromatic carbocycles. The molecule has 1 fully saturated rings. The smallest absolute Gasteiger partial charge is 0.183 e. The molecule has 2 atom stereocenters. The summed E-state index contributed by atoms with van der Waals surface area (Å²) in [7, 11) is 0. The van der Waals surface area contributed by atoms with Gasteiger partial charge in [-0.15, -0.1) is 5.10 Å². The standard InChI is InChI=1S/C13H15Cl2N5O/c1-7(8-2-3-21-6-8)20-13(17-18-19-20)10-4-9(16)5-11(14)12(10)15/h4-5,7-8H,2-3,6,16H2,1H3. The molecule has 1 aromatic heterocycles. The molecule has 2 unspecified atom stereocenters. The molecule has 8 heteroatoms. The van der Waals surface area contributed by atoms with Crippen molar-refractivity contribution >= 4 is 28.9 Å². The van der Waals surface area contributed by atoms with Crippen molar-refractivity contribution in [3.05, 3.63) is 22.2 Å². The van der Waals surface area contributed by atoms with Crippen LogP contribution in [0.1, 0.15) is 19.4 Å². The molecule has 0 aliphatic carbocycles. The summed E-state index contributed by atoms with van der Waals surface area (Å²) in [4.78, 5) is 0. The van der Waals surface area contributed by atoms with Crippen molar-refractivity contribution in [2.75, 3.05) is 18.9 Å². The Morgan fingerprint density at radius 2 is 2.24 bits per heavy atom. The molecule has 0 radical (unpaired) electrons. The van der Waals surface area contributed by atoms with Gasteiger partial charge in [0.25, 0.3) is 0 Å². The van der Waals surface area contributed by atoms with Gasteiger partial charge >= 0.3 is 0 Å². The Morgan fingerprint density at radius 1 is 1.43 bits per heavy atom. The van der Waals surface area contributed by atoms with Crippen LogP contribution in [-0.2, 0) is 4.74 Å². The van der Waals surface area contributed by atoms with Crippen molar-refractivity contribution in [3.8, 4) is 11.4 Å². The monoisotopic (exact) mass is 327 g/mol. The predicted octanol–water partition coefficient (Wildman–Crippen LogP) is 2.83. The van der Waals surface area contributed by atoms with Gasteiger partial charge in [-0.3, -0.25) is 0 Å². The summed E-state index contributed by atoms with van der Waals surface area (Å²) >= 11 is 12.4. The Bertz CT molecular complexity index is 654. The second-order valence-corrected chi connectivity index (χ2v) is 5.96. The number of nitrogens with two attached hydrogens (primary N) is 1. The largest absolute Gasteiger partial charge is 0.399 e. The van der Waals surface area contributed by atoms with E-state index in [9.17, 15) is 0 Å². The Morgan fingerprint density at radius 3 is 2.95 bits per heavy atom. The molecule has 1 aliphatic rings. The minimum absolute atomic E-state index is 0.105. The van der Waals surface area contributed by atoms with Crippen molar-refractivity contribution in [2.45, 2.75) is 19.4 Å². The lowest BCUT2D eigenvalue weighted by molar-refractivity contribution is 0.173. The molecule has 2 N–H and O–H groups in total. The zero-order chi connectivity index (χ0) is 15.0. The number of aromatic nitrogens is 4. The van der Waals surface area contributed by atoms with Crippen molar-refractivity contribution in [3.63, 3.8) is 0 Å². The van der Waals surface area contributed by atoms with Crippen LogP contribution in [0, 0.1) is 5.92 Å². The highest BCUT2D eigenvalue weighted by molar-refractivity contribution is 6.43. The van der Waals surface area contributed by atoms with Crippen LogP contribution in [0.25, 0.3) is 11.4 Å². The lowest BCUT2D eigenvalue weighted by atomic mass is 10.0. The van der Waals surface area contributed by atoms with Gasteiger partial charge in [0.1, 0.15) is 0 Å². The molecule has 2 heterocycles. The highest BCUT2D eigenvalue weighted by Crippen LogP contribution is 2.36. The van der Waals surface area contributed by atoms with E-state index in [1.54, 1.807) is 16.8 Å². The normalized spacial score (nSPS) is 19.9. The Kier molecular flexibility index (Phi) is 4.01. The number of benzene rings is 1. The molecule has 112 valence electrons. The molecule has 3 rings (SSSR count). The SMILES string of the molecule is CC(C1CCOC1)n1nnnc1-c1cc(N)cc(Cl)c1Cl. The number of tetrazole rings is 1. The molecule has 0 amide bonds. The fourth-order valence-electron chi connectivity index (χ4n) is 2.55. The van der Waals surface area contributed by atoms with E-state index in [2.05, 4.69) is 22.4 Å². The number of anilines is 1. The summed E-state index contributed by atoms with van der Waals surface area (Å²) in [6, 6.07) is 3.44. The van der Waals surface area contributed by atoms with Crippen molar-refractivity contribution in [2.24, 2.45) is 5.92 Å². The van der Waals surface area contributed by atoms with Crippen LogP contribution < -0.4 is 5.73 Å². The van der Waals surface area contributed by atoms with E-state index < -0.39 is 0 Å². The second-order valence-electron chi connectivity index (χ2n) is 5.18. The minimum Gasteiger partial charge on any atom is -0.399 e. The molecule has 6 nitrogen and oxygen atoms in total. The quantitative estimate of drug-likeness (QED) is 0.877. The average Bonchev–Trinajstić information content (AvgIpc) is 3.12. The highest BCUT2D eigenvalue weighted by Gasteiger charge is 2.27. The number of hydrogen-bond donors (Lipinski definition) is 1. The fraction of sp³-hybridized carbons (Fsp3) is 0.462. The van der Waals surface area contributed by atoms with Crippen LogP contribution in [0.15, 0.2) is 12.1 Å². The van der Waals surface area contributed by atoms with E-state index >= 15 is 0 Å². The summed E-state index contributed by atoms with van der Waals surface area (Å²) < 4.78 is 7.19. The second kappa shape index (κ2) is 5.79. The zero-order valence-electron chi connectivity index (χ0n) is 11.5. The summed E-state index contributed by atoms with van der Waals surface area (Å²) in [6.45, 7) is 3.56. The van der Waals surface area contributed by atoms with Gasteiger partial charge in [0.15, 0.2) is 5.82 Å². The van der Waals surface area contributed by atoms with Gasteiger partial charge in [0.2, 0.25) is 0 Å². The van der Waals surface area contributed by atoms with Gasteiger partial charge in [-0.25, -0.2) is 4.68 Å². The number of nitrogen functional groups attached to an aromatic ring is 1. The minimum atomic E-state index is 0.105. The number of nitrogens with zero attached hydrogens (tertiary/aromatic N) is 4. The lowest BCUT2D eigenvalue weighted by Gasteiger charge is -2.19. The third-order valence-electron chi connectivity index (χ3n) is 3.82. The van der Waals surface area contributed by atoms with Gasteiger partial charge in [-0.05, 0) is 35.9 Å². The van der Waals surface area contributed by atoms with Crippen molar-refractivity contribution in [1.29, 1.82) is 0 Å². The van der Waals surface area contributed by atoms with Crippen molar-refractivity contribution in [1.82, 2.24) is 20.2 Å². The van der Waals surface area contributed by atoms with E-state index in [1.807, 2.05) is 0 Å². The lowest BCUT2D eigenvalue weighted by Crippen LogP contribution is -2.19. The first-order chi connectivity index (χ1) is 10.1. The predicted molar refractivity (Wildman–Crippen MR) is 81.3 cm³/mol. The van der Waals surface area contributed by atoms with Crippen molar-refractivity contribution < 1.29 is 4.74 Å². The highest BCUT2D eigenvalue weighted by atomic mass is 35.5. The molecule has 21 heavy (non-hydrogen) atoms. The van der Waals surface area contributed by atoms with E-state index in [0.717, 1.165) is 13.0 Å². The maximum Gasteiger partial charge on any atom is 0.183 e.